The molecule has 1 aliphatic rings. The monoisotopic (exact) mass is 298 g/mol. The van der Waals surface area contributed by atoms with Crippen molar-refractivity contribution in [2.75, 3.05) is 24.7 Å². The Morgan fingerprint density at radius 1 is 1.32 bits per heavy atom. The van der Waals surface area contributed by atoms with Gasteiger partial charge in [0, 0.05) is 11.9 Å². The molecule has 1 amide bonds. The van der Waals surface area contributed by atoms with Crippen LogP contribution < -0.4 is 10.6 Å². The van der Waals surface area contributed by atoms with E-state index >= 15 is 0 Å². The van der Waals surface area contributed by atoms with Crippen LogP contribution in [0.15, 0.2) is 35.0 Å². The molecule has 0 spiro atoms. The molecule has 2 aromatic heterocycles. The summed E-state index contributed by atoms with van der Waals surface area (Å²) in [6, 6.07) is 7.10. The SMILES string of the molecule is NC(=O)[C@H]1COCCN1c1ncnc2c1oc1ccccc12. The topological polar surface area (TPSA) is 94.5 Å². The van der Waals surface area contributed by atoms with E-state index in [1.807, 2.05) is 29.2 Å². The molecule has 1 saturated heterocycles. The Hall–Kier alpha value is -2.67. The highest BCUT2D eigenvalue weighted by molar-refractivity contribution is 6.06. The molecule has 7 heteroatoms. The van der Waals surface area contributed by atoms with Gasteiger partial charge in [0.25, 0.3) is 0 Å². The lowest BCUT2D eigenvalue weighted by molar-refractivity contribution is -0.121. The first-order valence-electron chi connectivity index (χ1n) is 7.01. The Labute approximate surface area is 125 Å². The molecule has 1 aromatic carbocycles. The van der Waals surface area contributed by atoms with Crippen LogP contribution in [0.25, 0.3) is 22.1 Å². The van der Waals surface area contributed by atoms with Crippen LogP contribution in [0, 0.1) is 0 Å². The molecule has 0 saturated carbocycles. The minimum Gasteiger partial charge on any atom is -0.450 e. The number of anilines is 1. The number of carbonyl (C=O) groups excluding carboxylic acids is 1. The summed E-state index contributed by atoms with van der Waals surface area (Å²) in [6.45, 7) is 1.29. The van der Waals surface area contributed by atoms with Crippen molar-refractivity contribution < 1.29 is 13.9 Å². The Morgan fingerprint density at radius 2 is 2.18 bits per heavy atom. The van der Waals surface area contributed by atoms with Crippen LogP contribution in [0.5, 0.6) is 0 Å². The number of benzene rings is 1. The second-order valence-corrected chi connectivity index (χ2v) is 5.16. The molecular weight excluding hydrogens is 284 g/mol. The van der Waals surface area contributed by atoms with Gasteiger partial charge in [0.05, 0.1) is 13.2 Å². The number of rotatable bonds is 2. The van der Waals surface area contributed by atoms with Crippen molar-refractivity contribution in [1.82, 2.24) is 9.97 Å². The van der Waals surface area contributed by atoms with Crippen molar-refractivity contribution in [1.29, 1.82) is 0 Å². The first-order valence-corrected chi connectivity index (χ1v) is 7.01. The summed E-state index contributed by atoms with van der Waals surface area (Å²) in [4.78, 5) is 22.1. The van der Waals surface area contributed by atoms with Crippen LogP contribution >= 0.6 is 0 Å². The second kappa shape index (κ2) is 4.96. The summed E-state index contributed by atoms with van der Waals surface area (Å²) in [5.41, 5.74) is 7.52. The van der Waals surface area contributed by atoms with E-state index in [2.05, 4.69) is 9.97 Å². The molecule has 1 atom stereocenters. The van der Waals surface area contributed by atoms with E-state index in [1.54, 1.807) is 0 Å². The number of amides is 1. The molecule has 3 aromatic rings. The zero-order valence-electron chi connectivity index (χ0n) is 11.7. The number of fused-ring (bicyclic) bond motifs is 3. The molecule has 2 N–H and O–H groups in total. The first kappa shape index (κ1) is 13.0. The van der Waals surface area contributed by atoms with Crippen molar-refractivity contribution in [2.24, 2.45) is 5.73 Å². The molecule has 1 aliphatic heterocycles. The number of ether oxygens (including phenoxy) is 1. The molecule has 0 radical (unpaired) electrons. The highest BCUT2D eigenvalue weighted by Gasteiger charge is 2.31. The molecule has 0 bridgehead atoms. The molecule has 0 unspecified atom stereocenters. The molecule has 0 aliphatic carbocycles. The van der Waals surface area contributed by atoms with E-state index in [-0.39, 0.29) is 6.61 Å². The van der Waals surface area contributed by atoms with E-state index in [0.717, 1.165) is 16.5 Å². The number of hydrogen-bond donors (Lipinski definition) is 1. The summed E-state index contributed by atoms with van der Waals surface area (Å²) in [6.07, 6.45) is 1.48. The number of hydrogen-bond acceptors (Lipinski definition) is 6. The van der Waals surface area contributed by atoms with Gasteiger partial charge in [0.2, 0.25) is 5.91 Å². The molecule has 112 valence electrons. The van der Waals surface area contributed by atoms with Crippen molar-refractivity contribution in [2.45, 2.75) is 6.04 Å². The quantitative estimate of drug-likeness (QED) is 0.760. The third-order valence-electron chi connectivity index (χ3n) is 3.87. The molecule has 7 nitrogen and oxygen atoms in total. The minimum atomic E-state index is -0.555. The number of primary amides is 1. The number of morpholine rings is 1. The average molecular weight is 298 g/mol. The molecular formula is C15H14N4O3. The fraction of sp³-hybridized carbons (Fsp3) is 0.267. The third-order valence-corrected chi connectivity index (χ3v) is 3.87. The van der Waals surface area contributed by atoms with Gasteiger partial charge >= 0.3 is 0 Å². The van der Waals surface area contributed by atoms with Gasteiger partial charge in [0.15, 0.2) is 11.4 Å². The first-order chi connectivity index (χ1) is 10.8. The van der Waals surface area contributed by atoms with E-state index in [0.29, 0.717) is 24.6 Å². The third kappa shape index (κ3) is 1.90. The summed E-state index contributed by atoms with van der Waals surface area (Å²) >= 11 is 0. The van der Waals surface area contributed by atoms with Gasteiger partial charge in [-0.15, -0.1) is 0 Å². The van der Waals surface area contributed by atoms with Gasteiger partial charge in [-0.2, -0.15) is 0 Å². The largest absolute Gasteiger partial charge is 0.450 e. The zero-order valence-corrected chi connectivity index (χ0v) is 11.7. The molecule has 1 fully saturated rings. The Kier molecular flexibility index (Phi) is 2.93. The van der Waals surface area contributed by atoms with E-state index in [1.165, 1.54) is 6.33 Å². The Balaban J connectivity index is 1.92. The smallest absolute Gasteiger partial charge is 0.242 e. The van der Waals surface area contributed by atoms with Crippen LogP contribution in [0.1, 0.15) is 0 Å². The lowest BCUT2D eigenvalue weighted by Gasteiger charge is -2.34. The number of nitrogens with two attached hydrogens (primary N) is 1. The fourth-order valence-electron chi connectivity index (χ4n) is 2.81. The standard InChI is InChI=1S/C15H14N4O3/c16-14(20)10-7-21-6-5-19(10)15-13-12(17-8-18-15)9-3-1-2-4-11(9)22-13/h1-4,8,10H,5-7H2,(H2,16,20)/t10-/m1/s1. The van der Waals surface area contributed by atoms with Crippen molar-refractivity contribution in [3.63, 3.8) is 0 Å². The summed E-state index contributed by atoms with van der Waals surface area (Å²) in [5.74, 6) is 0.135. The van der Waals surface area contributed by atoms with Crippen LogP contribution in [0.4, 0.5) is 5.82 Å². The molecule has 22 heavy (non-hydrogen) atoms. The predicted molar refractivity (Wildman–Crippen MR) is 80.5 cm³/mol. The van der Waals surface area contributed by atoms with Gasteiger partial charge in [-0.05, 0) is 12.1 Å². The van der Waals surface area contributed by atoms with Crippen molar-refractivity contribution in [3.8, 4) is 0 Å². The minimum absolute atomic E-state index is 0.251. The normalized spacial score (nSPS) is 18.9. The molecule has 4 rings (SSSR count). The highest BCUT2D eigenvalue weighted by Crippen LogP contribution is 2.33. The van der Waals surface area contributed by atoms with Gasteiger partial charge in [-0.1, -0.05) is 12.1 Å². The Morgan fingerprint density at radius 3 is 3.05 bits per heavy atom. The van der Waals surface area contributed by atoms with E-state index < -0.39 is 11.9 Å². The van der Waals surface area contributed by atoms with Gasteiger partial charge < -0.3 is 19.8 Å². The fourth-order valence-corrected chi connectivity index (χ4v) is 2.81. The van der Waals surface area contributed by atoms with Crippen LogP contribution in [0.3, 0.4) is 0 Å². The van der Waals surface area contributed by atoms with Crippen LogP contribution in [-0.2, 0) is 9.53 Å². The summed E-state index contributed by atoms with van der Waals surface area (Å²) in [7, 11) is 0. The number of nitrogens with zero attached hydrogens (tertiary/aromatic N) is 3. The highest BCUT2D eigenvalue weighted by atomic mass is 16.5. The summed E-state index contributed by atoms with van der Waals surface area (Å²) < 4.78 is 11.3. The van der Waals surface area contributed by atoms with E-state index in [9.17, 15) is 4.79 Å². The average Bonchev–Trinajstić information content (AvgIpc) is 2.93. The van der Waals surface area contributed by atoms with E-state index in [4.69, 9.17) is 14.9 Å². The number of aromatic nitrogens is 2. The molecule has 3 heterocycles. The predicted octanol–water partition coefficient (Wildman–Crippen LogP) is 1.07. The van der Waals surface area contributed by atoms with Crippen LogP contribution in [-0.4, -0.2) is 41.7 Å². The van der Waals surface area contributed by atoms with Gasteiger partial charge in [-0.25, -0.2) is 9.97 Å². The maximum atomic E-state index is 11.7. The van der Waals surface area contributed by atoms with Gasteiger partial charge in [0.1, 0.15) is 23.5 Å². The number of furan rings is 1. The Bertz CT molecular complexity index is 860. The van der Waals surface area contributed by atoms with Crippen LogP contribution in [0.2, 0.25) is 0 Å². The zero-order chi connectivity index (χ0) is 15.1. The lowest BCUT2D eigenvalue weighted by atomic mass is 10.2. The lowest BCUT2D eigenvalue weighted by Crippen LogP contribution is -2.53. The van der Waals surface area contributed by atoms with Gasteiger partial charge in [-0.3, -0.25) is 4.79 Å². The maximum absolute atomic E-state index is 11.7. The van der Waals surface area contributed by atoms with Crippen molar-refractivity contribution in [3.05, 3.63) is 30.6 Å². The summed E-state index contributed by atoms with van der Waals surface area (Å²) in [5, 5.41) is 0.921. The second-order valence-electron chi connectivity index (χ2n) is 5.16. The maximum Gasteiger partial charge on any atom is 0.242 e. The number of carbonyl (C=O) groups is 1. The number of para-hydroxylation sites is 1. The van der Waals surface area contributed by atoms with Crippen molar-refractivity contribution >= 4 is 33.8 Å².